The van der Waals surface area contributed by atoms with Crippen molar-refractivity contribution >= 4 is 29.3 Å². The second kappa shape index (κ2) is 7.17. The van der Waals surface area contributed by atoms with Crippen LogP contribution in [0.4, 0.5) is 5.69 Å². The van der Waals surface area contributed by atoms with E-state index in [0.717, 1.165) is 43.1 Å². The maximum atomic E-state index is 13.1. The van der Waals surface area contributed by atoms with Gasteiger partial charge in [-0.05, 0) is 50.6 Å². The van der Waals surface area contributed by atoms with Crippen molar-refractivity contribution in [2.24, 2.45) is 0 Å². The molecule has 4 aliphatic rings. The summed E-state index contributed by atoms with van der Waals surface area (Å²) in [5.41, 5.74) is 1.31. The number of nitrogens with zero attached hydrogens (tertiary/aromatic N) is 2. The quantitative estimate of drug-likeness (QED) is 0.661. The summed E-state index contributed by atoms with van der Waals surface area (Å²) >= 11 is 0. The number of imide groups is 2. The number of anilines is 1. The Hall–Kier alpha value is -2.78. The van der Waals surface area contributed by atoms with Crippen molar-refractivity contribution in [3.05, 3.63) is 29.3 Å². The van der Waals surface area contributed by atoms with E-state index in [1.807, 2.05) is 6.07 Å². The predicted molar refractivity (Wildman–Crippen MR) is 106 cm³/mol. The zero-order valence-corrected chi connectivity index (χ0v) is 16.6. The second-order valence-corrected chi connectivity index (χ2v) is 8.38. The molecule has 2 N–H and O–H groups in total. The van der Waals surface area contributed by atoms with E-state index in [2.05, 4.69) is 15.5 Å². The van der Waals surface area contributed by atoms with Crippen molar-refractivity contribution in [3.8, 4) is 0 Å². The van der Waals surface area contributed by atoms with Gasteiger partial charge in [-0.3, -0.25) is 29.4 Å². The van der Waals surface area contributed by atoms with Gasteiger partial charge in [0.1, 0.15) is 6.04 Å². The first-order chi connectivity index (χ1) is 14.5. The van der Waals surface area contributed by atoms with Gasteiger partial charge in [-0.25, -0.2) is 0 Å². The summed E-state index contributed by atoms with van der Waals surface area (Å²) in [6.45, 7) is 3.92. The number of hydrogen-bond acceptors (Lipinski definition) is 7. The Kier molecular flexibility index (Phi) is 4.59. The summed E-state index contributed by atoms with van der Waals surface area (Å²) in [6, 6.07) is 4.33. The summed E-state index contributed by atoms with van der Waals surface area (Å²) in [5, 5.41) is 5.58. The van der Waals surface area contributed by atoms with Gasteiger partial charge in [-0.15, -0.1) is 0 Å². The van der Waals surface area contributed by atoms with Crippen LogP contribution in [-0.2, 0) is 14.3 Å². The fourth-order valence-corrected chi connectivity index (χ4v) is 4.91. The highest BCUT2D eigenvalue weighted by Gasteiger charge is 2.45. The van der Waals surface area contributed by atoms with Crippen LogP contribution >= 0.6 is 0 Å². The average Bonchev–Trinajstić information content (AvgIpc) is 2.99. The highest BCUT2D eigenvalue weighted by molar-refractivity contribution is 6.23. The summed E-state index contributed by atoms with van der Waals surface area (Å²) < 4.78 is 6.12. The molecule has 158 valence electrons. The lowest BCUT2D eigenvalue weighted by atomic mass is 9.90. The van der Waals surface area contributed by atoms with Crippen molar-refractivity contribution < 1.29 is 23.9 Å². The van der Waals surface area contributed by atoms with E-state index < -0.39 is 23.8 Å². The van der Waals surface area contributed by atoms with Crippen LogP contribution in [0.1, 0.15) is 46.4 Å². The van der Waals surface area contributed by atoms with Gasteiger partial charge < -0.3 is 15.0 Å². The van der Waals surface area contributed by atoms with E-state index in [-0.39, 0.29) is 24.3 Å². The molecule has 9 heteroatoms. The van der Waals surface area contributed by atoms with E-state index in [4.69, 9.17) is 4.74 Å². The van der Waals surface area contributed by atoms with Crippen molar-refractivity contribution in [1.29, 1.82) is 0 Å². The number of rotatable bonds is 2. The predicted octanol–water partition coefficient (Wildman–Crippen LogP) is 0.0466. The van der Waals surface area contributed by atoms with Gasteiger partial charge in [0.05, 0.1) is 23.3 Å². The molecule has 0 radical (unpaired) electrons. The Labute approximate surface area is 173 Å². The van der Waals surface area contributed by atoms with Gasteiger partial charge in [0.2, 0.25) is 11.8 Å². The molecule has 3 fully saturated rings. The number of carbonyl (C=O) groups is 4. The molecule has 1 atom stereocenters. The molecule has 1 spiro atoms. The van der Waals surface area contributed by atoms with Crippen LogP contribution in [0.5, 0.6) is 0 Å². The van der Waals surface area contributed by atoms with Crippen LogP contribution < -0.4 is 15.5 Å². The molecule has 5 rings (SSSR count). The highest BCUT2D eigenvalue weighted by atomic mass is 16.5. The van der Waals surface area contributed by atoms with Gasteiger partial charge >= 0.3 is 0 Å². The monoisotopic (exact) mass is 412 g/mol. The molecule has 0 aromatic heterocycles. The van der Waals surface area contributed by atoms with Crippen LogP contribution in [0.3, 0.4) is 0 Å². The van der Waals surface area contributed by atoms with Crippen molar-refractivity contribution in [3.63, 3.8) is 0 Å². The standard InChI is InChI=1S/C21H24N4O5/c26-17-4-3-16(18(27)23-17)25-19(28)14-2-1-13(11-15(14)20(25)29)24-9-10-30-21(12-24)5-7-22-8-6-21/h1-2,11,16,22H,3-10,12H2,(H,23,26,27). The van der Waals surface area contributed by atoms with Crippen molar-refractivity contribution in [2.75, 3.05) is 37.7 Å². The number of amides is 4. The van der Waals surface area contributed by atoms with E-state index >= 15 is 0 Å². The highest BCUT2D eigenvalue weighted by Crippen LogP contribution is 2.34. The van der Waals surface area contributed by atoms with Crippen LogP contribution in [-0.4, -0.2) is 73.0 Å². The third-order valence-corrected chi connectivity index (χ3v) is 6.55. The number of morpholine rings is 1. The molecule has 0 aliphatic carbocycles. The summed E-state index contributed by atoms with van der Waals surface area (Å²) in [4.78, 5) is 52.8. The molecule has 4 amide bonds. The SMILES string of the molecule is O=C1CCC(N2C(=O)c3ccc(N4CCOC5(CCNCC5)C4)cc3C2=O)C(=O)N1. The number of ether oxygens (including phenoxy) is 1. The first kappa shape index (κ1) is 19.2. The first-order valence-electron chi connectivity index (χ1n) is 10.4. The zero-order valence-electron chi connectivity index (χ0n) is 16.6. The fraction of sp³-hybridized carbons (Fsp3) is 0.524. The molecular formula is C21H24N4O5. The van der Waals surface area contributed by atoms with Gasteiger partial charge in [-0.1, -0.05) is 0 Å². The van der Waals surface area contributed by atoms with Crippen LogP contribution in [0.15, 0.2) is 18.2 Å². The molecule has 9 nitrogen and oxygen atoms in total. The zero-order chi connectivity index (χ0) is 20.9. The smallest absolute Gasteiger partial charge is 0.262 e. The van der Waals surface area contributed by atoms with Gasteiger partial charge in [0, 0.05) is 25.2 Å². The molecule has 4 aliphatic heterocycles. The molecule has 1 aromatic carbocycles. The number of fused-ring (bicyclic) bond motifs is 1. The van der Waals surface area contributed by atoms with Crippen LogP contribution in [0.25, 0.3) is 0 Å². The molecule has 30 heavy (non-hydrogen) atoms. The van der Waals surface area contributed by atoms with Crippen molar-refractivity contribution in [1.82, 2.24) is 15.5 Å². The molecule has 0 saturated carbocycles. The Morgan fingerprint density at radius 1 is 1.03 bits per heavy atom. The normalized spacial score (nSPS) is 26.2. The maximum absolute atomic E-state index is 13.1. The minimum atomic E-state index is -0.944. The van der Waals surface area contributed by atoms with E-state index in [9.17, 15) is 19.2 Å². The number of benzene rings is 1. The lowest BCUT2D eigenvalue weighted by Crippen LogP contribution is -2.56. The van der Waals surface area contributed by atoms with Gasteiger partial charge in [-0.2, -0.15) is 0 Å². The summed E-state index contributed by atoms with van der Waals surface area (Å²) in [5.74, 6) is -1.93. The van der Waals surface area contributed by atoms with Crippen LogP contribution in [0, 0.1) is 0 Å². The lowest BCUT2D eigenvalue weighted by Gasteiger charge is -2.46. The molecule has 3 saturated heterocycles. The minimum Gasteiger partial charge on any atom is -0.371 e. The van der Waals surface area contributed by atoms with E-state index in [1.165, 1.54) is 0 Å². The molecule has 4 heterocycles. The molecule has 1 unspecified atom stereocenters. The number of carbonyl (C=O) groups excluding carboxylic acids is 4. The number of piperidine rings is 2. The van der Waals surface area contributed by atoms with Gasteiger partial charge in [0.15, 0.2) is 0 Å². The minimum absolute atomic E-state index is 0.111. The summed E-state index contributed by atoms with van der Waals surface area (Å²) in [7, 11) is 0. The van der Waals surface area contributed by atoms with Gasteiger partial charge in [0.25, 0.3) is 11.8 Å². The second-order valence-electron chi connectivity index (χ2n) is 8.38. The van der Waals surface area contributed by atoms with Crippen molar-refractivity contribution in [2.45, 2.75) is 37.3 Å². The fourth-order valence-electron chi connectivity index (χ4n) is 4.91. The Bertz CT molecular complexity index is 934. The maximum Gasteiger partial charge on any atom is 0.262 e. The summed E-state index contributed by atoms with van der Waals surface area (Å²) in [6.07, 6.45) is 2.15. The topological polar surface area (TPSA) is 108 Å². The Morgan fingerprint density at radius 2 is 1.80 bits per heavy atom. The third kappa shape index (κ3) is 3.09. The molecular weight excluding hydrogens is 388 g/mol. The van der Waals surface area contributed by atoms with Crippen LogP contribution in [0.2, 0.25) is 0 Å². The molecule has 1 aromatic rings. The average molecular weight is 412 g/mol. The van der Waals surface area contributed by atoms with E-state index in [0.29, 0.717) is 24.3 Å². The Morgan fingerprint density at radius 3 is 2.57 bits per heavy atom. The number of nitrogens with one attached hydrogen (secondary N) is 2. The third-order valence-electron chi connectivity index (χ3n) is 6.55. The lowest BCUT2D eigenvalue weighted by molar-refractivity contribution is -0.136. The number of hydrogen-bond donors (Lipinski definition) is 2. The largest absolute Gasteiger partial charge is 0.371 e. The Balaban J connectivity index is 1.40. The molecule has 0 bridgehead atoms. The van der Waals surface area contributed by atoms with E-state index in [1.54, 1.807) is 12.1 Å². The first-order valence-corrected chi connectivity index (χ1v) is 10.4.